The van der Waals surface area contributed by atoms with E-state index < -0.39 is 0 Å². The molecule has 0 saturated carbocycles. The summed E-state index contributed by atoms with van der Waals surface area (Å²) in [5.74, 6) is 0.763. The Morgan fingerprint density at radius 3 is 2.61 bits per heavy atom. The highest BCUT2D eigenvalue weighted by atomic mass is 16.5. The van der Waals surface area contributed by atoms with Gasteiger partial charge in [-0.3, -0.25) is 4.79 Å². The summed E-state index contributed by atoms with van der Waals surface area (Å²) in [5.41, 5.74) is 2.32. The summed E-state index contributed by atoms with van der Waals surface area (Å²) < 4.78 is 5.40. The zero-order chi connectivity index (χ0) is 16.8. The number of rotatable bonds is 6. The van der Waals surface area contributed by atoms with Gasteiger partial charge in [-0.2, -0.15) is 0 Å². The molecule has 0 aliphatic carbocycles. The Hall–Kier alpha value is -2.69. The lowest BCUT2D eigenvalue weighted by Crippen LogP contribution is -2.11. The number of benzene rings is 2. The van der Waals surface area contributed by atoms with E-state index >= 15 is 0 Å². The minimum absolute atomic E-state index is 0.0447. The molecule has 0 heterocycles. The molecule has 0 spiro atoms. The summed E-state index contributed by atoms with van der Waals surface area (Å²) in [6.45, 7) is 3.51. The molecule has 5 nitrogen and oxygen atoms in total. The highest BCUT2D eigenvalue weighted by molar-refractivity contribution is 5.89. The van der Waals surface area contributed by atoms with Crippen molar-refractivity contribution in [2.24, 2.45) is 0 Å². The predicted octanol–water partition coefficient (Wildman–Crippen LogP) is 3.92. The van der Waals surface area contributed by atoms with Gasteiger partial charge < -0.3 is 20.5 Å². The van der Waals surface area contributed by atoms with Crippen LogP contribution in [0.25, 0.3) is 0 Å². The summed E-state index contributed by atoms with van der Waals surface area (Å²) >= 11 is 0. The second-order valence-corrected chi connectivity index (χ2v) is 5.26. The second-order valence-electron chi connectivity index (χ2n) is 5.26. The molecule has 0 bridgehead atoms. The molecule has 1 atom stereocenters. The standard InChI is InChI=1S/C18H22N2O3/c1-4-15(14-7-5-6-8-17(14)22)20-16-10-9-13(19-12(2)21)11-18(16)23-3/h5-11,15,20,22H,4H2,1-3H3,(H,19,21)/t15-/m0/s1. The Bertz CT molecular complexity index is 686. The van der Waals surface area contributed by atoms with Crippen LogP contribution in [0.15, 0.2) is 42.5 Å². The zero-order valence-electron chi connectivity index (χ0n) is 13.6. The van der Waals surface area contributed by atoms with E-state index in [9.17, 15) is 9.90 Å². The molecule has 2 aromatic rings. The Morgan fingerprint density at radius 1 is 1.26 bits per heavy atom. The van der Waals surface area contributed by atoms with Crippen molar-refractivity contribution >= 4 is 17.3 Å². The van der Waals surface area contributed by atoms with Crippen molar-refractivity contribution < 1.29 is 14.6 Å². The molecule has 5 heteroatoms. The van der Waals surface area contributed by atoms with Crippen LogP contribution in [0.5, 0.6) is 11.5 Å². The van der Waals surface area contributed by atoms with Crippen LogP contribution in [0.4, 0.5) is 11.4 Å². The van der Waals surface area contributed by atoms with Crippen molar-refractivity contribution in [3.8, 4) is 11.5 Å². The van der Waals surface area contributed by atoms with E-state index in [0.29, 0.717) is 11.4 Å². The maximum atomic E-state index is 11.1. The van der Waals surface area contributed by atoms with E-state index in [1.807, 2.05) is 31.2 Å². The number of phenolic OH excluding ortho intramolecular Hbond substituents is 1. The van der Waals surface area contributed by atoms with Crippen molar-refractivity contribution in [1.82, 2.24) is 0 Å². The van der Waals surface area contributed by atoms with Crippen molar-refractivity contribution in [3.63, 3.8) is 0 Å². The molecule has 2 aromatic carbocycles. The lowest BCUT2D eigenvalue weighted by molar-refractivity contribution is -0.114. The number of phenols is 1. The van der Waals surface area contributed by atoms with E-state index in [1.165, 1.54) is 6.92 Å². The summed E-state index contributed by atoms with van der Waals surface area (Å²) in [4.78, 5) is 11.1. The van der Waals surface area contributed by atoms with Crippen LogP contribution in [0.3, 0.4) is 0 Å². The molecule has 0 unspecified atom stereocenters. The Labute approximate surface area is 136 Å². The molecule has 0 aliphatic heterocycles. The maximum absolute atomic E-state index is 11.1. The first kappa shape index (κ1) is 16.7. The molecule has 2 rings (SSSR count). The lowest BCUT2D eigenvalue weighted by atomic mass is 10.0. The summed E-state index contributed by atoms with van der Waals surface area (Å²) in [7, 11) is 1.58. The number of methoxy groups -OCH3 is 1. The third kappa shape index (κ3) is 4.16. The van der Waals surface area contributed by atoms with Gasteiger partial charge in [0.1, 0.15) is 11.5 Å². The molecule has 0 aromatic heterocycles. The third-order valence-corrected chi connectivity index (χ3v) is 3.57. The first-order chi connectivity index (χ1) is 11.0. The number of carbonyl (C=O) groups is 1. The zero-order valence-corrected chi connectivity index (χ0v) is 13.6. The van der Waals surface area contributed by atoms with Gasteiger partial charge in [-0.05, 0) is 24.6 Å². The number of para-hydroxylation sites is 1. The van der Waals surface area contributed by atoms with Crippen LogP contribution in [-0.4, -0.2) is 18.1 Å². The van der Waals surface area contributed by atoms with Crippen LogP contribution >= 0.6 is 0 Å². The average molecular weight is 314 g/mol. The monoisotopic (exact) mass is 314 g/mol. The number of ether oxygens (including phenoxy) is 1. The molecule has 0 fully saturated rings. The van der Waals surface area contributed by atoms with Crippen LogP contribution in [0.2, 0.25) is 0 Å². The number of hydrogen-bond acceptors (Lipinski definition) is 4. The van der Waals surface area contributed by atoms with Crippen molar-refractivity contribution in [1.29, 1.82) is 0 Å². The number of anilines is 2. The SMILES string of the molecule is CC[C@H](Nc1ccc(NC(C)=O)cc1OC)c1ccccc1O. The van der Waals surface area contributed by atoms with Crippen LogP contribution in [-0.2, 0) is 4.79 Å². The fraction of sp³-hybridized carbons (Fsp3) is 0.278. The van der Waals surface area contributed by atoms with Crippen LogP contribution in [0, 0.1) is 0 Å². The molecule has 122 valence electrons. The lowest BCUT2D eigenvalue weighted by Gasteiger charge is -2.21. The summed E-state index contributed by atoms with van der Waals surface area (Å²) in [6, 6.07) is 12.7. The highest BCUT2D eigenvalue weighted by Crippen LogP contribution is 2.34. The maximum Gasteiger partial charge on any atom is 0.221 e. The predicted molar refractivity (Wildman–Crippen MR) is 92.1 cm³/mol. The first-order valence-electron chi connectivity index (χ1n) is 7.55. The molecule has 0 saturated heterocycles. The number of nitrogens with one attached hydrogen (secondary N) is 2. The fourth-order valence-electron chi connectivity index (χ4n) is 2.46. The van der Waals surface area contributed by atoms with Gasteiger partial charge in [0.2, 0.25) is 5.91 Å². The van der Waals surface area contributed by atoms with Gasteiger partial charge in [-0.1, -0.05) is 25.1 Å². The molecule has 23 heavy (non-hydrogen) atoms. The minimum atomic E-state index is -0.131. The summed E-state index contributed by atoms with van der Waals surface area (Å²) in [5, 5.41) is 16.2. The average Bonchev–Trinajstić information content (AvgIpc) is 2.53. The Balaban J connectivity index is 2.27. The molecular weight excluding hydrogens is 292 g/mol. The molecule has 3 N–H and O–H groups in total. The number of carbonyl (C=O) groups excluding carboxylic acids is 1. The largest absolute Gasteiger partial charge is 0.508 e. The third-order valence-electron chi connectivity index (χ3n) is 3.57. The van der Waals surface area contributed by atoms with Gasteiger partial charge in [-0.15, -0.1) is 0 Å². The first-order valence-corrected chi connectivity index (χ1v) is 7.55. The van der Waals surface area contributed by atoms with Gasteiger partial charge in [-0.25, -0.2) is 0 Å². The smallest absolute Gasteiger partial charge is 0.221 e. The van der Waals surface area contributed by atoms with E-state index in [2.05, 4.69) is 10.6 Å². The topological polar surface area (TPSA) is 70.6 Å². The van der Waals surface area contributed by atoms with Crippen molar-refractivity contribution in [2.75, 3.05) is 17.7 Å². The normalized spacial score (nSPS) is 11.6. The van der Waals surface area contributed by atoms with Crippen LogP contribution < -0.4 is 15.4 Å². The van der Waals surface area contributed by atoms with Crippen molar-refractivity contribution in [2.45, 2.75) is 26.3 Å². The Kier molecular flexibility index (Phi) is 5.46. The van der Waals surface area contributed by atoms with Crippen molar-refractivity contribution in [3.05, 3.63) is 48.0 Å². The molecular formula is C18H22N2O3. The fourth-order valence-corrected chi connectivity index (χ4v) is 2.46. The highest BCUT2D eigenvalue weighted by Gasteiger charge is 2.15. The van der Waals surface area contributed by atoms with E-state index in [1.54, 1.807) is 25.3 Å². The Morgan fingerprint density at radius 2 is 2.00 bits per heavy atom. The number of amides is 1. The second kappa shape index (κ2) is 7.54. The van der Waals surface area contributed by atoms with E-state index in [0.717, 1.165) is 17.7 Å². The molecule has 1 amide bonds. The summed E-state index contributed by atoms with van der Waals surface area (Å²) in [6.07, 6.45) is 0.800. The van der Waals surface area contributed by atoms with Gasteiger partial charge >= 0.3 is 0 Å². The van der Waals surface area contributed by atoms with Gasteiger partial charge in [0, 0.05) is 24.2 Å². The van der Waals surface area contributed by atoms with E-state index in [4.69, 9.17) is 4.74 Å². The quantitative estimate of drug-likeness (QED) is 0.755. The van der Waals surface area contributed by atoms with Crippen LogP contribution in [0.1, 0.15) is 31.9 Å². The minimum Gasteiger partial charge on any atom is -0.508 e. The van der Waals surface area contributed by atoms with Gasteiger partial charge in [0.05, 0.1) is 18.8 Å². The van der Waals surface area contributed by atoms with Gasteiger partial charge in [0.25, 0.3) is 0 Å². The molecule has 0 radical (unpaired) electrons. The van der Waals surface area contributed by atoms with E-state index in [-0.39, 0.29) is 17.7 Å². The number of aromatic hydroxyl groups is 1. The molecule has 0 aliphatic rings. The number of hydrogen-bond donors (Lipinski definition) is 3. The van der Waals surface area contributed by atoms with Gasteiger partial charge in [0.15, 0.2) is 0 Å².